The third-order valence-electron chi connectivity index (χ3n) is 5.72. The normalized spacial score (nSPS) is 36.1. The summed E-state index contributed by atoms with van der Waals surface area (Å²) in [5.74, 6) is 0. The van der Waals surface area contributed by atoms with Crippen LogP contribution in [0.4, 0.5) is 0 Å². The molecule has 0 amide bonds. The standard InChI is InChI=1S/C16H30O2Si/c1-15(2,3)19(5,6)18-14-8-7-12-11-13(17)9-10-16(12,14)4/h11,13-14,17H,7-10H2,1-6H3/t13-,14-,16-/m1/s1. The van der Waals surface area contributed by atoms with E-state index in [2.05, 4.69) is 46.9 Å². The molecule has 2 rings (SSSR count). The van der Waals surface area contributed by atoms with Crippen LogP contribution in [0, 0.1) is 5.41 Å². The maximum atomic E-state index is 9.81. The van der Waals surface area contributed by atoms with Gasteiger partial charge < -0.3 is 9.53 Å². The van der Waals surface area contributed by atoms with Crippen molar-refractivity contribution < 1.29 is 9.53 Å². The van der Waals surface area contributed by atoms with Crippen LogP contribution < -0.4 is 0 Å². The van der Waals surface area contributed by atoms with E-state index >= 15 is 0 Å². The number of hydrogen-bond acceptors (Lipinski definition) is 2. The molecule has 110 valence electrons. The minimum Gasteiger partial charge on any atom is -0.413 e. The Morgan fingerprint density at radius 1 is 1.32 bits per heavy atom. The first-order chi connectivity index (χ1) is 8.56. The lowest BCUT2D eigenvalue weighted by Crippen LogP contribution is -2.47. The fourth-order valence-corrected chi connectivity index (χ4v) is 4.62. The molecule has 0 radical (unpaired) electrons. The Kier molecular flexibility index (Phi) is 3.79. The van der Waals surface area contributed by atoms with Crippen LogP contribution in [0.25, 0.3) is 0 Å². The molecule has 2 aliphatic carbocycles. The molecular weight excluding hydrogens is 252 g/mol. The van der Waals surface area contributed by atoms with Gasteiger partial charge in [0.05, 0.1) is 12.2 Å². The number of aliphatic hydroxyl groups excluding tert-OH is 1. The lowest BCUT2D eigenvalue weighted by atomic mass is 9.74. The number of hydrogen-bond donors (Lipinski definition) is 1. The van der Waals surface area contributed by atoms with Crippen molar-refractivity contribution in [3.05, 3.63) is 11.6 Å². The van der Waals surface area contributed by atoms with Crippen LogP contribution in [0.3, 0.4) is 0 Å². The maximum Gasteiger partial charge on any atom is 0.192 e. The number of aliphatic hydroxyl groups is 1. The van der Waals surface area contributed by atoms with Crippen molar-refractivity contribution in [3.63, 3.8) is 0 Å². The van der Waals surface area contributed by atoms with Crippen molar-refractivity contribution in [2.75, 3.05) is 0 Å². The summed E-state index contributed by atoms with van der Waals surface area (Å²) in [6, 6.07) is 0. The molecule has 0 aliphatic heterocycles. The zero-order valence-corrected chi connectivity index (χ0v) is 14.4. The Morgan fingerprint density at radius 3 is 2.53 bits per heavy atom. The van der Waals surface area contributed by atoms with E-state index in [1.54, 1.807) is 0 Å². The third kappa shape index (κ3) is 2.70. The highest BCUT2D eigenvalue weighted by atomic mass is 28.4. The molecule has 3 heteroatoms. The lowest BCUT2D eigenvalue weighted by Gasteiger charge is -2.44. The van der Waals surface area contributed by atoms with Gasteiger partial charge in [0, 0.05) is 5.41 Å². The highest BCUT2D eigenvalue weighted by Crippen LogP contribution is 2.52. The highest BCUT2D eigenvalue weighted by molar-refractivity contribution is 6.74. The summed E-state index contributed by atoms with van der Waals surface area (Å²) in [4.78, 5) is 0. The molecule has 2 aliphatic rings. The van der Waals surface area contributed by atoms with Crippen molar-refractivity contribution in [2.24, 2.45) is 5.41 Å². The molecule has 0 aromatic carbocycles. The van der Waals surface area contributed by atoms with Crippen molar-refractivity contribution in [1.82, 2.24) is 0 Å². The van der Waals surface area contributed by atoms with Crippen molar-refractivity contribution in [2.45, 2.75) is 83.7 Å². The molecule has 19 heavy (non-hydrogen) atoms. The molecule has 0 saturated heterocycles. The molecule has 0 aromatic heterocycles. The van der Waals surface area contributed by atoms with Gasteiger partial charge in [0.25, 0.3) is 0 Å². The first-order valence-corrected chi connectivity index (χ1v) is 10.5. The van der Waals surface area contributed by atoms with E-state index < -0.39 is 8.32 Å². The summed E-state index contributed by atoms with van der Waals surface area (Å²) in [5, 5.41) is 10.1. The second-order valence-corrected chi connectivity index (χ2v) is 12.9. The molecule has 0 heterocycles. The molecule has 0 spiro atoms. The Labute approximate surface area is 119 Å². The zero-order valence-electron chi connectivity index (χ0n) is 13.4. The second kappa shape index (κ2) is 4.71. The van der Waals surface area contributed by atoms with Crippen LogP contribution in [-0.2, 0) is 4.43 Å². The molecule has 0 bridgehead atoms. The topological polar surface area (TPSA) is 29.5 Å². The van der Waals surface area contributed by atoms with Gasteiger partial charge in [-0.2, -0.15) is 0 Å². The minimum absolute atomic E-state index is 0.175. The summed E-state index contributed by atoms with van der Waals surface area (Å²) in [7, 11) is -1.70. The molecule has 0 unspecified atom stereocenters. The van der Waals surface area contributed by atoms with Crippen LogP contribution in [0.1, 0.15) is 53.4 Å². The molecule has 1 saturated carbocycles. The SMILES string of the molecule is CC(C)(C)[Si](C)(C)O[C@@H]1CCC2=C[C@H](O)CC[C@]21C. The average Bonchev–Trinajstić information content (AvgIpc) is 2.55. The number of fused-ring (bicyclic) bond motifs is 1. The van der Waals surface area contributed by atoms with E-state index in [1.165, 1.54) is 5.57 Å². The smallest absolute Gasteiger partial charge is 0.192 e. The molecule has 1 fully saturated rings. The lowest BCUT2D eigenvalue weighted by molar-refractivity contribution is 0.0676. The minimum atomic E-state index is -1.70. The predicted molar refractivity (Wildman–Crippen MR) is 82.7 cm³/mol. The van der Waals surface area contributed by atoms with Gasteiger partial charge in [-0.1, -0.05) is 39.3 Å². The van der Waals surface area contributed by atoms with Gasteiger partial charge in [0.2, 0.25) is 0 Å². The van der Waals surface area contributed by atoms with E-state index in [4.69, 9.17) is 4.43 Å². The quantitative estimate of drug-likeness (QED) is 0.606. The largest absolute Gasteiger partial charge is 0.413 e. The first-order valence-electron chi connectivity index (χ1n) is 7.63. The summed E-state index contributed by atoms with van der Waals surface area (Å²) in [6.07, 6.45) is 6.41. The zero-order chi connectivity index (χ0) is 14.5. The number of rotatable bonds is 2. The molecular formula is C16H30O2Si. The Balaban J connectivity index is 2.18. The van der Waals surface area contributed by atoms with Gasteiger partial charge in [-0.15, -0.1) is 0 Å². The van der Waals surface area contributed by atoms with Gasteiger partial charge in [-0.25, -0.2) is 0 Å². The van der Waals surface area contributed by atoms with Crippen LogP contribution in [0.15, 0.2) is 11.6 Å². The van der Waals surface area contributed by atoms with E-state index in [0.29, 0.717) is 6.10 Å². The summed E-state index contributed by atoms with van der Waals surface area (Å²) < 4.78 is 6.69. The van der Waals surface area contributed by atoms with Crippen LogP contribution in [-0.4, -0.2) is 25.6 Å². The Hall–Kier alpha value is -0.123. The Bertz CT molecular complexity index is 381. The van der Waals surface area contributed by atoms with E-state index in [-0.39, 0.29) is 16.6 Å². The van der Waals surface area contributed by atoms with Gasteiger partial charge in [0.1, 0.15) is 0 Å². The van der Waals surface area contributed by atoms with E-state index in [0.717, 1.165) is 25.7 Å². The fraction of sp³-hybridized carbons (Fsp3) is 0.875. The maximum absolute atomic E-state index is 9.81. The van der Waals surface area contributed by atoms with Crippen LogP contribution in [0.5, 0.6) is 0 Å². The van der Waals surface area contributed by atoms with Gasteiger partial charge in [-0.05, 0) is 43.8 Å². The van der Waals surface area contributed by atoms with Crippen LogP contribution in [0.2, 0.25) is 18.1 Å². The molecule has 0 aromatic rings. The summed E-state index contributed by atoms with van der Waals surface area (Å²) in [6.45, 7) is 13.9. The molecule has 1 N–H and O–H groups in total. The summed E-state index contributed by atoms with van der Waals surface area (Å²) >= 11 is 0. The van der Waals surface area contributed by atoms with Gasteiger partial charge in [-0.3, -0.25) is 0 Å². The van der Waals surface area contributed by atoms with Crippen molar-refractivity contribution in [3.8, 4) is 0 Å². The first kappa shape index (κ1) is 15.3. The molecule has 3 atom stereocenters. The molecule has 2 nitrogen and oxygen atoms in total. The Morgan fingerprint density at radius 2 is 1.95 bits per heavy atom. The average molecular weight is 282 g/mol. The summed E-state index contributed by atoms with van der Waals surface area (Å²) in [5.41, 5.74) is 1.62. The fourth-order valence-electron chi connectivity index (χ4n) is 3.18. The van der Waals surface area contributed by atoms with E-state index in [9.17, 15) is 5.11 Å². The van der Waals surface area contributed by atoms with Gasteiger partial charge >= 0.3 is 0 Å². The third-order valence-corrected chi connectivity index (χ3v) is 10.2. The highest BCUT2D eigenvalue weighted by Gasteiger charge is 2.49. The van der Waals surface area contributed by atoms with E-state index in [1.807, 2.05) is 0 Å². The second-order valence-electron chi connectivity index (χ2n) is 8.12. The van der Waals surface area contributed by atoms with Crippen LogP contribution >= 0.6 is 0 Å². The van der Waals surface area contributed by atoms with Gasteiger partial charge in [0.15, 0.2) is 8.32 Å². The predicted octanol–water partition coefficient (Wildman–Crippen LogP) is 4.26. The monoisotopic (exact) mass is 282 g/mol. The van der Waals surface area contributed by atoms with Crippen molar-refractivity contribution in [1.29, 1.82) is 0 Å². The van der Waals surface area contributed by atoms with Crippen molar-refractivity contribution >= 4 is 8.32 Å².